The number of ether oxygens (including phenoxy) is 1. The highest BCUT2D eigenvalue weighted by atomic mass is 16.5. The van der Waals surface area contributed by atoms with Gasteiger partial charge in [-0.2, -0.15) is 0 Å². The maximum absolute atomic E-state index is 5.68. The summed E-state index contributed by atoms with van der Waals surface area (Å²) in [5.41, 5.74) is 0. The van der Waals surface area contributed by atoms with E-state index in [1.807, 2.05) is 12.1 Å². The molecule has 1 aliphatic heterocycles. The van der Waals surface area contributed by atoms with Crippen molar-refractivity contribution >= 4 is 5.82 Å². The summed E-state index contributed by atoms with van der Waals surface area (Å²) in [6.07, 6.45) is 2.81. The van der Waals surface area contributed by atoms with Crippen LogP contribution >= 0.6 is 0 Å². The fourth-order valence-corrected chi connectivity index (χ4v) is 2.12. The first-order valence-electron chi connectivity index (χ1n) is 7.15. The molecule has 2 N–H and O–H groups in total. The van der Waals surface area contributed by atoms with Crippen LogP contribution in [0.2, 0.25) is 0 Å². The molecule has 1 saturated heterocycles. The minimum Gasteiger partial charge on any atom is -0.490 e. The van der Waals surface area contributed by atoms with Crippen LogP contribution in [0.4, 0.5) is 5.82 Å². The van der Waals surface area contributed by atoms with Gasteiger partial charge in [0.2, 0.25) is 0 Å². The van der Waals surface area contributed by atoms with Crippen molar-refractivity contribution in [2.45, 2.75) is 13.3 Å². The first-order valence-corrected chi connectivity index (χ1v) is 7.15. The van der Waals surface area contributed by atoms with Gasteiger partial charge in [0, 0.05) is 45.5 Å². The van der Waals surface area contributed by atoms with E-state index in [1.165, 1.54) is 0 Å². The lowest BCUT2D eigenvalue weighted by molar-refractivity contribution is 0.249. The van der Waals surface area contributed by atoms with Crippen molar-refractivity contribution in [2.75, 3.05) is 51.2 Å². The van der Waals surface area contributed by atoms with Gasteiger partial charge in [0.25, 0.3) is 0 Å². The molecular formula is C14H24N4O. The molecule has 106 valence electrons. The number of piperazine rings is 1. The number of aromatic nitrogens is 1. The van der Waals surface area contributed by atoms with Gasteiger partial charge in [0.1, 0.15) is 0 Å². The third-order valence-corrected chi connectivity index (χ3v) is 3.16. The van der Waals surface area contributed by atoms with Gasteiger partial charge in [-0.05, 0) is 18.6 Å². The van der Waals surface area contributed by atoms with E-state index in [9.17, 15) is 0 Å². The monoisotopic (exact) mass is 264 g/mol. The summed E-state index contributed by atoms with van der Waals surface area (Å²) in [6, 6.07) is 3.88. The third-order valence-electron chi connectivity index (χ3n) is 3.16. The molecular weight excluding hydrogens is 240 g/mol. The van der Waals surface area contributed by atoms with Gasteiger partial charge < -0.3 is 15.4 Å². The first kappa shape index (κ1) is 14.1. The van der Waals surface area contributed by atoms with Crippen LogP contribution in [0.5, 0.6) is 5.75 Å². The van der Waals surface area contributed by atoms with Crippen LogP contribution in [0.15, 0.2) is 18.3 Å². The van der Waals surface area contributed by atoms with Crippen LogP contribution in [0.25, 0.3) is 0 Å². The predicted octanol–water partition coefficient (Wildman–Crippen LogP) is 1.19. The molecule has 5 nitrogen and oxygen atoms in total. The molecule has 0 spiro atoms. The van der Waals surface area contributed by atoms with Crippen LogP contribution in [0.1, 0.15) is 13.3 Å². The fourth-order valence-electron chi connectivity index (χ4n) is 2.12. The van der Waals surface area contributed by atoms with Gasteiger partial charge in [0.15, 0.2) is 11.6 Å². The molecule has 5 heteroatoms. The second-order valence-corrected chi connectivity index (χ2v) is 4.72. The standard InChI is InChI=1S/C14H24N4O/c1-2-12-19-13-4-3-5-16-14(13)17-8-11-18-9-6-15-7-10-18/h3-5,15H,2,6-12H2,1H3,(H,16,17). The normalized spacial score (nSPS) is 16.3. The van der Waals surface area contributed by atoms with E-state index >= 15 is 0 Å². The summed E-state index contributed by atoms with van der Waals surface area (Å²) >= 11 is 0. The third kappa shape index (κ3) is 4.69. The predicted molar refractivity (Wildman–Crippen MR) is 77.8 cm³/mol. The molecule has 2 heterocycles. The van der Waals surface area contributed by atoms with E-state index in [2.05, 4.69) is 27.4 Å². The maximum Gasteiger partial charge on any atom is 0.168 e. The van der Waals surface area contributed by atoms with Crippen LogP contribution in [0, 0.1) is 0 Å². The molecule has 0 amide bonds. The molecule has 0 aromatic carbocycles. The quantitative estimate of drug-likeness (QED) is 0.774. The Morgan fingerprint density at radius 2 is 2.26 bits per heavy atom. The first-order chi connectivity index (χ1) is 9.40. The van der Waals surface area contributed by atoms with Gasteiger partial charge in [0.05, 0.1) is 6.61 Å². The van der Waals surface area contributed by atoms with Crippen molar-refractivity contribution in [3.05, 3.63) is 18.3 Å². The van der Waals surface area contributed by atoms with Gasteiger partial charge in [-0.1, -0.05) is 6.92 Å². The van der Waals surface area contributed by atoms with Crippen molar-refractivity contribution in [3.63, 3.8) is 0 Å². The van der Waals surface area contributed by atoms with E-state index in [4.69, 9.17) is 4.74 Å². The van der Waals surface area contributed by atoms with Crippen LogP contribution in [-0.2, 0) is 0 Å². The highest BCUT2D eigenvalue weighted by molar-refractivity contribution is 5.49. The minimum atomic E-state index is 0.734. The molecule has 1 aromatic rings. The maximum atomic E-state index is 5.68. The number of hydrogen-bond donors (Lipinski definition) is 2. The summed E-state index contributed by atoms with van der Waals surface area (Å²) in [6.45, 7) is 9.23. The average molecular weight is 264 g/mol. The van der Waals surface area contributed by atoms with E-state index in [-0.39, 0.29) is 0 Å². The Labute approximate surface area is 115 Å². The Kier molecular flexibility index (Phi) is 5.91. The molecule has 1 aliphatic rings. The van der Waals surface area contributed by atoms with Gasteiger partial charge in [-0.3, -0.25) is 4.90 Å². The topological polar surface area (TPSA) is 49.4 Å². The zero-order chi connectivity index (χ0) is 13.3. The number of nitrogens with zero attached hydrogens (tertiary/aromatic N) is 2. The number of hydrogen-bond acceptors (Lipinski definition) is 5. The zero-order valence-corrected chi connectivity index (χ0v) is 11.7. The molecule has 2 rings (SSSR count). The van der Waals surface area contributed by atoms with Crippen molar-refractivity contribution in [1.29, 1.82) is 0 Å². The van der Waals surface area contributed by atoms with E-state index in [1.54, 1.807) is 6.20 Å². The van der Waals surface area contributed by atoms with E-state index in [0.717, 1.165) is 63.9 Å². The second kappa shape index (κ2) is 7.96. The molecule has 0 bridgehead atoms. The fraction of sp³-hybridized carbons (Fsp3) is 0.643. The highest BCUT2D eigenvalue weighted by Gasteiger charge is 2.09. The van der Waals surface area contributed by atoms with Crippen molar-refractivity contribution in [1.82, 2.24) is 15.2 Å². The Morgan fingerprint density at radius 3 is 3.05 bits per heavy atom. The summed E-state index contributed by atoms with van der Waals surface area (Å²) < 4.78 is 5.68. The largest absolute Gasteiger partial charge is 0.490 e. The smallest absolute Gasteiger partial charge is 0.168 e. The lowest BCUT2D eigenvalue weighted by Gasteiger charge is -2.27. The Hall–Kier alpha value is -1.33. The number of nitrogens with one attached hydrogen (secondary N) is 2. The summed E-state index contributed by atoms with van der Waals surface area (Å²) in [5.74, 6) is 1.70. The Morgan fingerprint density at radius 1 is 1.42 bits per heavy atom. The molecule has 0 saturated carbocycles. The molecule has 0 radical (unpaired) electrons. The van der Waals surface area contributed by atoms with Gasteiger partial charge in [-0.25, -0.2) is 4.98 Å². The molecule has 0 unspecified atom stereocenters. The summed E-state index contributed by atoms with van der Waals surface area (Å²) in [7, 11) is 0. The van der Waals surface area contributed by atoms with Gasteiger partial charge >= 0.3 is 0 Å². The van der Waals surface area contributed by atoms with Crippen LogP contribution in [0.3, 0.4) is 0 Å². The van der Waals surface area contributed by atoms with Crippen molar-refractivity contribution < 1.29 is 4.74 Å². The molecule has 19 heavy (non-hydrogen) atoms. The zero-order valence-electron chi connectivity index (χ0n) is 11.7. The lowest BCUT2D eigenvalue weighted by Crippen LogP contribution is -2.45. The number of rotatable bonds is 7. The molecule has 1 fully saturated rings. The highest BCUT2D eigenvalue weighted by Crippen LogP contribution is 2.20. The van der Waals surface area contributed by atoms with Crippen LogP contribution in [-0.4, -0.2) is 55.8 Å². The van der Waals surface area contributed by atoms with E-state index < -0.39 is 0 Å². The number of anilines is 1. The van der Waals surface area contributed by atoms with Crippen LogP contribution < -0.4 is 15.4 Å². The lowest BCUT2D eigenvalue weighted by atomic mass is 10.3. The summed E-state index contributed by atoms with van der Waals surface area (Å²) in [4.78, 5) is 6.80. The Balaban J connectivity index is 1.77. The summed E-state index contributed by atoms with van der Waals surface area (Å²) in [5, 5.41) is 6.73. The molecule has 0 atom stereocenters. The number of pyridine rings is 1. The van der Waals surface area contributed by atoms with Crippen molar-refractivity contribution in [2.24, 2.45) is 0 Å². The van der Waals surface area contributed by atoms with Crippen molar-refractivity contribution in [3.8, 4) is 5.75 Å². The average Bonchev–Trinajstić information content (AvgIpc) is 2.47. The van der Waals surface area contributed by atoms with Gasteiger partial charge in [-0.15, -0.1) is 0 Å². The SMILES string of the molecule is CCCOc1cccnc1NCCN1CCNCC1. The minimum absolute atomic E-state index is 0.734. The Bertz CT molecular complexity index is 366. The van der Waals surface area contributed by atoms with E-state index in [0.29, 0.717) is 0 Å². The molecule has 0 aliphatic carbocycles. The second-order valence-electron chi connectivity index (χ2n) is 4.72. The molecule has 1 aromatic heterocycles.